The van der Waals surface area contributed by atoms with Crippen molar-refractivity contribution in [2.75, 3.05) is 17.3 Å². The highest BCUT2D eigenvalue weighted by molar-refractivity contribution is 5.47. The van der Waals surface area contributed by atoms with Gasteiger partial charge in [-0.2, -0.15) is 5.10 Å². The number of anilines is 2. The topological polar surface area (TPSA) is 93.7 Å². The molecule has 0 spiro atoms. The summed E-state index contributed by atoms with van der Waals surface area (Å²) in [5.41, 5.74) is 2.56. The molecule has 19 heavy (non-hydrogen) atoms. The summed E-state index contributed by atoms with van der Waals surface area (Å²) in [5, 5.41) is 7.38. The first-order chi connectivity index (χ1) is 9.19. The maximum Gasteiger partial charge on any atom is 0.145 e. The van der Waals surface area contributed by atoms with Crippen LogP contribution in [0.5, 0.6) is 0 Å². The van der Waals surface area contributed by atoms with E-state index in [1.165, 1.54) is 0 Å². The van der Waals surface area contributed by atoms with Crippen LogP contribution in [-0.2, 0) is 6.54 Å². The van der Waals surface area contributed by atoms with E-state index in [1.807, 2.05) is 30.8 Å². The van der Waals surface area contributed by atoms with E-state index in [1.54, 1.807) is 12.3 Å². The number of hydrogen-bond acceptors (Lipinski definition) is 6. The Hall–Kier alpha value is -2.15. The minimum Gasteiger partial charge on any atom is -0.368 e. The lowest BCUT2D eigenvalue weighted by Crippen LogP contribution is -2.15. The Morgan fingerprint density at radius 3 is 2.74 bits per heavy atom. The first-order valence-corrected chi connectivity index (χ1v) is 6.26. The van der Waals surface area contributed by atoms with Gasteiger partial charge in [0.05, 0.1) is 6.54 Å². The van der Waals surface area contributed by atoms with Crippen LogP contribution in [0.2, 0.25) is 0 Å². The zero-order valence-corrected chi connectivity index (χ0v) is 11.2. The second-order valence-electron chi connectivity index (χ2n) is 4.49. The molecule has 2 aromatic rings. The van der Waals surface area contributed by atoms with Gasteiger partial charge >= 0.3 is 0 Å². The molecular formula is C12H19N7. The Morgan fingerprint density at radius 1 is 1.32 bits per heavy atom. The lowest BCUT2D eigenvalue weighted by molar-refractivity contribution is 0.636. The third kappa shape index (κ3) is 3.65. The number of nitrogens with zero attached hydrogens (tertiary/aromatic N) is 4. The Morgan fingerprint density at radius 2 is 2.11 bits per heavy atom. The number of nitrogens with two attached hydrogens (primary N) is 1. The molecule has 0 fully saturated rings. The summed E-state index contributed by atoms with van der Waals surface area (Å²) in [6.45, 7) is 5.60. The number of hydrogen-bond donors (Lipinski definition) is 3. The molecule has 0 amide bonds. The first-order valence-electron chi connectivity index (χ1n) is 6.26. The van der Waals surface area contributed by atoms with E-state index >= 15 is 0 Å². The molecule has 0 atom stereocenters. The monoisotopic (exact) mass is 261 g/mol. The second-order valence-corrected chi connectivity index (χ2v) is 4.49. The highest BCUT2D eigenvalue weighted by atomic mass is 15.3. The van der Waals surface area contributed by atoms with E-state index in [-0.39, 0.29) is 5.92 Å². The zero-order valence-electron chi connectivity index (χ0n) is 11.2. The number of nitrogens with one attached hydrogen (secondary N) is 2. The summed E-state index contributed by atoms with van der Waals surface area (Å²) < 4.78 is 1.86. The van der Waals surface area contributed by atoms with Crippen LogP contribution >= 0.6 is 0 Å². The Kier molecular flexibility index (Phi) is 4.30. The molecule has 7 heteroatoms. The van der Waals surface area contributed by atoms with Crippen LogP contribution in [0.1, 0.15) is 25.6 Å². The van der Waals surface area contributed by atoms with Gasteiger partial charge in [-0.05, 0) is 6.07 Å². The normalized spacial score (nSPS) is 10.7. The van der Waals surface area contributed by atoms with E-state index < -0.39 is 0 Å². The van der Waals surface area contributed by atoms with E-state index in [0.717, 1.165) is 24.7 Å². The molecule has 0 radical (unpaired) electrons. The molecular weight excluding hydrogens is 242 g/mol. The van der Waals surface area contributed by atoms with Gasteiger partial charge in [0.25, 0.3) is 0 Å². The first kappa shape index (κ1) is 13.3. The molecule has 0 saturated carbocycles. The Balaban J connectivity index is 2.00. The zero-order chi connectivity index (χ0) is 13.7. The Labute approximate surface area is 112 Å². The molecule has 102 valence electrons. The van der Waals surface area contributed by atoms with Gasteiger partial charge in [-0.1, -0.05) is 13.8 Å². The molecule has 2 heterocycles. The standard InChI is InChI=1S/C12H19N7/c1-9(2)12-16-10(8-11(17-12)18-13)14-5-7-19-6-3-4-15-19/h3-4,6,8-9H,5,7,13H2,1-2H3,(H2,14,16,17,18). The van der Waals surface area contributed by atoms with Gasteiger partial charge in [-0.15, -0.1) is 0 Å². The number of nitrogen functional groups attached to an aromatic ring is 1. The van der Waals surface area contributed by atoms with Crippen molar-refractivity contribution in [1.29, 1.82) is 0 Å². The van der Waals surface area contributed by atoms with Gasteiger partial charge < -0.3 is 10.7 Å². The predicted molar refractivity (Wildman–Crippen MR) is 74.6 cm³/mol. The van der Waals surface area contributed by atoms with E-state index in [0.29, 0.717) is 5.82 Å². The molecule has 4 N–H and O–H groups in total. The van der Waals surface area contributed by atoms with Gasteiger partial charge in [0.1, 0.15) is 17.5 Å². The van der Waals surface area contributed by atoms with Crippen molar-refractivity contribution in [3.05, 3.63) is 30.4 Å². The highest BCUT2D eigenvalue weighted by Gasteiger charge is 2.07. The average Bonchev–Trinajstić information content (AvgIpc) is 2.91. The number of rotatable bonds is 6. The molecule has 7 nitrogen and oxygen atoms in total. The van der Waals surface area contributed by atoms with Gasteiger partial charge in [0.2, 0.25) is 0 Å². The largest absolute Gasteiger partial charge is 0.368 e. The van der Waals surface area contributed by atoms with Gasteiger partial charge in [-0.25, -0.2) is 15.8 Å². The van der Waals surface area contributed by atoms with Crippen molar-refractivity contribution in [1.82, 2.24) is 19.7 Å². The third-order valence-corrected chi connectivity index (χ3v) is 2.61. The highest BCUT2D eigenvalue weighted by Crippen LogP contribution is 2.16. The fourth-order valence-corrected chi connectivity index (χ4v) is 1.62. The maximum absolute atomic E-state index is 5.41. The van der Waals surface area contributed by atoms with Crippen LogP contribution in [-0.4, -0.2) is 26.3 Å². The molecule has 0 unspecified atom stereocenters. The fraction of sp³-hybridized carbons (Fsp3) is 0.417. The fourth-order valence-electron chi connectivity index (χ4n) is 1.62. The van der Waals surface area contributed by atoms with Gasteiger partial charge in [0, 0.05) is 30.9 Å². The van der Waals surface area contributed by atoms with Crippen molar-refractivity contribution in [2.24, 2.45) is 5.84 Å². The van der Waals surface area contributed by atoms with Crippen molar-refractivity contribution in [2.45, 2.75) is 26.3 Å². The van der Waals surface area contributed by atoms with Gasteiger partial charge in [0.15, 0.2) is 0 Å². The van der Waals surface area contributed by atoms with Crippen LogP contribution in [0.4, 0.5) is 11.6 Å². The van der Waals surface area contributed by atoms with Crippen molar-refractivity contribution in [3.8, 4) is 0 Å². The lowest BCUT2D eigenvalue weighted by Gasteiger charge is -2.11. The third-order valence-electron chi connectivity index (χ3n) is 2.61. The molecule has 0 aliphatic carbocycles. The molecule has 0 bridgehead atoms. The van der Waals surface area contributed by atoms with E-state index in [2.05, 4.69) is 25.8 Å². The molecule has 0 aliphatic rings. The summed E-state index contributed by atoms with van der Waals surface area (Å²) >= 11 is 0. The lowest BCUT2D eigenvalue weighted by atomic mass is 10.2. The summed E-state index contributed by atoms with van der Waals surface area (Å²) in [4.78, 5) is 8.76. The van der Waals surface area contributed by atoms with Crippen LogP contribution in [0.3, 0.4) is 0 Å². The summed E-state index contributed by atoms with van der Waals surface area (Å²) in [5.74, 6) is 7.80. The maximum atomic E-state index is 5.41. The van der Waals surface area contributed by atoms with E-state index in [9.17, 15) is 0 Å². The smallest absolute Gasteiger partial charge is 0.145 e. The number of aromatic nitrogens is 4. The minimum atomic E-state index is 0.250. The van der Waals surface area contributed by atoms with Crippen LogP contribution in [0.25, 0.3) is 0 Å². The second kappa shape index (κ2) is 6.14. The van der Waals surface area contributed by atoms with Crippen LogP contribution in [0.15, 0.2) is 24.5 Å². The summed E-state index contributed by atoms with van der Waals surface area (Å²) in [6, 6.07) is 3.69. The number of hydrazine groups is 1. The Bertz CT molecular complexity index is 507. The minimum absolute atomic E-state index is 0.250. The summed E-state index contributed by atoms with van der Waals surface area (Å²) in [6.07, 6.45) is 3.69. The molecule has 0 aromatic carbocycles. The molecule has 0 aliphatic heterocycles. The van der Waals surface area contributed by atoms with Crippen molar-refractivity contribution >= 4 is 11.6 Å². The molecule has 0 saturated heterocycles. The molecule has 2 rings (SSSR count). The predicted octanol–water partition coefficient (Wildman–Crippen LogP) is 1.19. The van der Waals surface area contributed by atoms with Crippen LogP contribution < -0.4 is 16.6 Å². The van der Waals surface area contributed by atoms with Crippen molar-refractivity contribution in [3.63, 3.8) is 0 Å². The SMILES string of the molecule is CC(C)c1nc(NN)cc(NCCn2cccn2)n1. The van der Waals surface area contributed by atoms with Gasteiger partial charge in [-0.3, -0.25) is 4.68 Å². The van der Waals surface area contributed by atoms with Crippen molar-refractivity contribution < 1.29 is 0 Å². The average molecular weight is 261 g/mol. The van der Waals surface area contributed by atoms with E-state index in [4.69, 9.17) is 5.84 Å². The summed E-state index contributed by atoms with van der Waals surface area (Å²) in [7, 11) is 0. The quantitative estimate of drug-likeness (QED) is 0.534. The molecule has 2 aromatic heterocycles. The van der Waals surface area contributed by atoms with Crippen LogP contribution in [0, 0.1) is 0 Å².